The van der Waals surface area contributed by atoms with Crippen molar-refractivity contribution in [2.75, 3.05) is 13.1 Å². The molecule has 0 saturated heterocycles. The number of hydrogen-bond donors (Lipinski definition) is 2. The third-order valence-electron chi connectivity index (χ3n) is 2.83. The van der Waals surface area contributed by atoms with Crippen molar-refractivity contribution in [2.45, 2.75) is 39.2 Å². The van der Waals surface area contributed by atoms with Gasteiger partial charge in [0.05, 0.1) is 5.69 Å². The predicted octanol–water partition coefficient (Wildman–Crippen LogP) is 1.88. The first kappa shape index (κ1) is 14.9. The Morgan fingerprint density at radius 1 is 1.56 bits per heavy atom. The summed E-state index contributed by atoms with van der Waals surface area (Å²) >= 11 is 0. The molecule has 0 aliphatic heterocycles. The molecule has 4 nitrogen and oxygen atoms in total. The molecule has 0 amide bonds. The van der Waals surface area contributed by atoms with Gasteiger partial charge in [0, 0.05) is 43.4 Å². The Bertz CT molecular complexity index is 412. The summed E-state index contributed by atoms with van der Waals surface area (Å²) in [7, 11) is 1.95. The average molecular weight is 250 g/mol. The summed E-state index contributed by atoms with van der Waals surface area (Å²) < 4.78 is 1.86. The van der Waals surface area contributed by atoms with Crippen molar-refractivity contribution >= 4 is 0 Å². The zero-order valence-corrected chi connectivity index (χ0v) is 12.2. The summed E-state index contributed by atoms with van der Waals surface area (Å²) in [5.41, 5.74) is 9.31. The van der Waals surface area contributed by atoms with E-state index in [-0.39, 0.29) is 11.5 Å². The van der Waals surface area contributed by atoms with Gasteiger partial charge in [0.2, 0.25) is 0 Å². The minimum absolute atomic E-state index is 0.0227. The SMILES string of the molecule is C=C(C)CNC(CN)c1cn(C)nc1C(C)(C)C. The van der Waals surface area contributed by atoms with Gasteiger partial charge in [-0.25, -0.2) is 0 Å². The van der Waals surface area contributed by atoms with Crippen LogP contribution < -0.4 is 11.1 Å². The molecule has 102 valence electrons. The topological polar surface area (TPSA) is 55.9 Å². The molecule has 1 rings (SSSR count). The van der Waals surface area contributed by atoms with Gasteiger partial charge < -0.3 is 11.1 Å². The van der Waals surface area contributed by atoms with Crippen LogP contribution in [0, 0.1) is 0 Å². The fourth-order valence-electron chi connectivity index (χ4n) is 1.96. The van der Waals surface area contributed by atoms with E-state index in [0.29, 0.717) is 6.54 Å². The van der Waals surface area contributed by atoms with E-state index in [2.05, 4.69) is 44.0 Å². The third kappa shape index (κ3) is 3.68. The summed E-state index contributed by atoms with van der Waals surface area (Å²) in [6.07, 6.45) is 2.06. The second kappa shape index (κ2) is 5.67. The average Bonchev–Trinajstić information content (AvgIpc) is 2.60. The highest BCUT2D eigenvalue weighted by atomic mass is 15.3. The van der Waals surface area contributed by atoms with Crippen LogP contribution in [-0.2, 0) is 12.5 Å². The van der Waals surface area contributed by atoms with Crippen molar-refractivity contribution in [3.8, 4) is 0 Å². The summed E-state index contributed by atoms with van der Waals surface area (Å²) in [4.78, 5) is 0. The molecule has 0 spiro atoms. The number of nitrogens with one attached hydrogen (secondary N) is 1. The number of aryl methyl sites for hydroxylation is 1. The van der Waals surface area contributed by atoms with Gasteiger partial charge in [-0.1, -0.05) is 32.9 Å². The van der Waals surface area contributed by atoms with Crippen LogP contribution in [0.4, 0.5) is 0 Å². The minimum atomic E-state index is 0.0227. The minimum Gasteiger partial charge on any atom is -0.329 e. The van der Waals surface area contributed by atoms with Gasteiger partial charge in [-0.2, -0.15) is 5.10 Å². The van der Waals surface area contributed by atoms with Crippen LogP contribution in [-0.4, -0.2) is 22.9 Å². The Morgan fingerprint density at radius 3 is 2.61 bits per heavy atom. The zero-order chi connectivity index (χ0) is 13.9. The standard InChI is InChI=1S/C14H26N4/c1-10(2)8-16-12(7-15)11-9-18(6)17-13(11)14(3,4)5/h9,12,16H,1,7-8,15H2,2-6H3. The van der Waals surface area contributed by atoms with Crippen LogP contribution in [0.1, 0.15) is 45.0 Å². The van der Waals surface area contributed by atoms with Gasteiger partial charge in [-0.3, -0.25) is 4.68 Å². The summed E-state index contributed by atoms with van der Waals surface area (Å²) in [5, 5.41) is 8.01. The Hall–Kier alpha value is -1.13. The largest absolute Gasteiger partial charge is 0.329 e. The highest BCUT2D eigenvalue weighted by Crippen LogP contribution is 2.28. The van der Waals surface area contributed by atoms with Crippen molar-refractivity contribution in [3.05, 3.63) is 29.6 Å². The molecule has 1 aromatic rings. The number of nitrogens with zero attached hydrogens (tertiary/aromatic N) is 2. The summed E-state index contributed by atoms with van der Waals surface area (Å²) in [5.74, 6) is 0. The van der Waals surface area contributed by atoms with Crippen LogP contribution in [0.15, 0.2) is 18.3 Å². The molecule has 0 bridgehead atoms. The van der Waals surface area contributed by atoms with E-state index >= 15 is 0 Å². The molecule has 0 aliphatic rings. The number of nitrogens with two attached hydrogens (primary N) is 1. The van der Waals surface area contributed by atoms with E-state index in [0.717, 1.165) is 17.8 Å². The lowest BCUT2D eigenvalue weighted by atomic mass is 9.87. The fourth-order valence-corrected chi connectivity index (χ4v) is 1.96. The molecular weight excluding hydrogens is 224 g/mol. The Labute approximate surface area is 110 Å². The molecule has 18 heavy (non-hydrogen) atoms. The lowest BCUT2D eigenvalue weighted by molar-refractivity contribution is 0.518. The zero-order valence-electron chi connectivity index (χ0n) is 12.2. The Balaban J connectivity index is 3.01. The maximum atomic E-state index is 5.88. The first-order valence-corrected chi connectivity index (χ1v) is 6.37. The number of hydrogen-bond acceptors (Lipinski definition) is 3. The van der Waals surface area contributed by atoms with Crippen molar-refractivity contribution in [1.29, 1.82) is 0 Å². The molecule has 0 fully saturated rings. The van der Waals surface area contributed by atoms with Gasteiger partial charge in [0.15, 0.2) is 0 Å². The molecule has 4 heteroatoms. The summed E-state index contributed by atoms with van der Waals surface area (Å²) in [6, 6.07) is 0.129. The molecule has 3 N–H and O–H groups in total. The van der Waals surface area contributed by atoms with Gasteiger partial charge in [0.1, 0.15) is 0 Å². The smallest absolute Gasteiger partial charge is 0.0726 e. The molecule has 1 heterocycles. The van der Waals surface area contributed by atoms with Gasteiger partial charge >= 0.3 is 0 Å². The van der Waals surface area contributed by atoms with E-state index in [9.17, 15) is 0 Å². The van der Waals surface area contributed by atoms with Crippen LogP contribution in [0.5, 0.6) is 0 Å². The lowest BCUT2D eigenvalue weighted by Gasteiger charge is -2.22. The molecule has 0 radical (unpaired) electrons. The maximum Gasteiger partial charge on any atom is 0.0726 e. The number of aromatic nitrogens is 2. The molecular formula is C14H26N4. The van der Waals surface area contributed by atoms with Crippen molar-refractivity contribution in [2.24, 2.45) is 12.8 Å². The second-order valence-electron chi connectivity index (χ2n) is 5.98. The molecule has 0 saturated carbocycles. The van der Waals surface area contributed by atoms with E-state index in [1.165, 1.54) is 5.56 Å². The van der Waals surface area contributed by atoms with Crippen LogP contribution in [0.2, 0.25) is 0 Å². The highest BCUT2D eigenvalue weighted by Gasteiger charge is 2.25. The predicted molar refractivity (Wildman–Crippen MR) is 76.5 cm³/mol. The summed E-state index contributed by atoms with van der Waals surface area (Å²) in [6.45, 7) is 13.8. The van der Waals surface area contributed by atoms with Gasteiger partial charge in [0.25, 0.3) is 0 Å². The van der Waals surface area contributed by atoms with Crippen molar-refractivity contribution in [1.82, 2.24) is 15.1 Å². The van der Waals surface area contributed by atoms with Crippen LogP contribution in [0.3, 0.4) is 0 Å². The second-order valence-corrected chi connectivity index (χ2v) is 5.98. The molecule has 1 atom stereocenters. The van der Waals surface area contributed by atoms with Gasteiger partial charge in [-0.15, -0.1) is 0 Å². The van der Waals surface area contributed by atoms with E-state index in [1.54, 1.807) is 0 Å². The monoisotopic (exact) mass is 250 g/mol. The van der Waals surface area contributed by atoms with E-state index in [1.807, 2.05) is 18.7 Å². The lowest BCUT2D eigenvalue weighted by Crippen LogP contribution is -2.31. The fraction of sp³-hybridized carbons (Fsp3) is 0.643. The Morgan fingerprint density at radius 2 is 2.17 bits per heavy atom. The maximum absolute atomic E-state index is 5.88. The first-order valence-electron chi connectivity index (χ1n) is 6.37. The molecule has 0 aliphatic carbocycles. The quantitative estimate of drug-likeness (QED) is 0.785. The van der Waals surface area contributed by atoms with Gasteiger partial charge in [-0.05, 0) is 6.92 Å². The van der Waals surface area contributed by atoms with E-state index < -0.39 is 0 Å². The van der Waals surface area contributed by atoms with E-state index in [4.69, 9.17) is 5.73 Å². The third-order valence-corrected chi connectivity index (χ3v) is 2.83. The first-order chi connectivity index (χ1) is 8.25. The molecule has 1 aromatic heterocycles. The Kier molecular flexibility index (Phi) is 4.71. The van der Waals surface area contributed by atoms with Crippen LogP contribution >= 0.6 is 0 Å². The van der Waals surface area contributed by atoms with Crippen molar-refractivity contribution in [3.63, 3.8) is 0 Å². The highest BCUT2D eigenvalue weighted by molar-refractivity contribution is 5.28. The number of rotatable bonds is 5. The molecule has 1 unspecified atom stereocenters. The van der Waals surface area contributed by atoms with Crippen molar-refractivity contribution < 1.29 is 0 Å². The molecule has 0 aromatic carbocycles. The normalized spacial score (nSPS) is 13.7. The van der Waals surface area contributed by atoms with Crippen LogP contribution in [0.25, 0.3) is 0 Å².